The standard InChI is InChI=1S/C26H23N3O9S2/c1-2-37-16-9-12(3-8-15(16)38-11-17(31)27-13-4-6-14(30)7-5-13)19-20-22(39-23-21(19)40-26(36)28-23)25(35)29(24(20)34)10-18(32)33/h3-9,19-20,22,30H,2,10-11H2,1H3,(H,27,31)(H,28,36)(H,32,33)/t19-,20+,22-/m0/s1. The van der Waals surface area contributed by atoms with Crippen LogP contribution in [0.1, 0.15) is 23.3 Å². The topological polar surface area (TPSA) is 175 Å². The summed E-state index contributed by atoms with van der Waals surface area (Å²) in [6.07, 6.45) is 0. The largest absolute Gasteiger partial charge is 0.508 e. The molecule has 208 valence electrons. The predicted octanol–water partition coefficient (Wildman–Crippen LogP) is 2.23. The van der Waals surface area contributed by atoms with Gasteiger partial charge in [-0.1, -0.05) is 29.2 Å². The molecule has 2 aliphatic rings. The third-order valence-corrected chi connectivity index (χ3v) is 8.75. The first-order chi connectivity index (χ1) is 19.2. The number of H-pyrrole nitrogens is 1. The number of phenols is 1. The Hall–Kier alpha value is -4.30. The number of nitrogens with zero attached hydrogens (tertiary/aromatic N) is 1. The van der Waals surface area contributed by atoms with Crippen LogP contribution in [0.4, 0.5) is 5.69 Å². The number of likely N-dealkylation sites (tertiary alicyclic amines) is 1. The van der Waals surface area contributed by atoms with Gasteiger partial charge in [-0.15, -0.1) is 0 Å². The van der Waals surface area contributed by atoms with Crippen LogP contribution in [0.3, 0.4) is 0 Å². The van der Waals surface area contributed by atoms with E-state index in [0.29, 0.717) is 21.2 Å². The Bertz CT molecular complexity index is 1550. The summed E-state index contributed by atoms with van der Waals surface area (Å²) in [6.45, 7) is 0.940. The molecule has 1 aromatic heterocycles. The highest BCUT2D eigenvalue weighted by atomic mass is 32.2. The summed E-state index contributed by atoms with van der Waals surface area (Å²) in [7, 11) is 0. The van der Waals surface area contributed by atoms with Crippen LogP contribution in [-0.2, 0) is 19.2 Å². The Morgan fingerprint density at radius 1 is 1.05 bits per heavy atom. The van der Waals surface area contributed by atoms with Gasteiger partial charge in [-0.25, -0.2) is 0 Å². The van der Waals surface area contributed by atoms with E-state index in [9.17, 15) is 34.2 Å². The van der Waals surface area contributed by atoms with Gasteiger partial charge in [0.15, 0.2) is 18.1 Å². The molecule has 0 radical (unpaired) electrons. The molecule has 0 aliphatic carbocycles. The van der Waals surface area contributed by atoms with E-state index in [1.165, 1.54) is 12.1 Å². The van der Waals surface area contributed by atoms with E-state index >= 15 is 0 Å². The molecule has 0 unspecified atom stereocenters. The van der Waals surface area contributed by atoms with Crippen LogP contribution in [0.2, 0.25) is 0 Å². The molecule has 5 rings (SSSR count). The van der Waals surface area contributed by atoms with E-state index in [0.717, 1.165) is 28.0 Å². The fourth-order valence-corrected chi connectivity index (χ4v) is 7.25. The van der Waals surface area contributed by atoms with Crippen molar-refractivity contribution in [2.24, 2.45) is 5.92 Å². The Labute approximate surface area is 234 Å². The number of imide groups is 1. The molecule has 2 aromatic carbocycles. The monoisotopic (exact) mass is 585 g/mol. The fraction of sp³-hybridized carbons (Fsp3) is 0.269. The first kappa shape index (κ1) is 27.3. The molecule has 14 heteroatoms. The Kier molecular flexibility index (Phi) is 7.54. The molecule has 40 heavy (non-hydrogen) atoms. The molecule has 3 heterocycles. The number of thioether (sulfide) groups is 1. The molecule has 1 saturated heterocycles. The number of hydrogen-bond acceptors (Lipinski definition) is 10. The first-order valence-electron chi connectivity index (χ1n) is 12.1. The normalized spacial score (nSPS) is 19.6. The highest BCUT2D eigenvalue weighted by molar-refractivity contribution is 8.00. The van der Waals surface area contributed by atoms with Crippen molar-refractivity contribution in [2.45, 2.75) is 23.1 Å². The third kappa shape index (κ3) is 5.27. The predicted molar refractivity (Wildman–Crippen MR) is 144 cm³/mol. The number of nitrogens with one attached hydrogen (secondary N) is 2. The molecule has 0 bridgehead atoms. The van der Waals surface area contributed by atoms with Gasteiger partial charge in [0.25, 0.3) is 5.91 Å². The van der Waals surface area contributed by atoms with Crippen molar-refractivity contribution in [2.75, 3.05) is 25.1 Å². The number of carbonyl (C=O) groups excluding carboxylic acids is 3. The summed E-state index contributed by atoms with van der Waals surface area (Å²) in [6, 6.07) is 10.8. The number of ether oxygens (including phenoxy) is 2. The van der Waals surface area contributed by atoms with Gasteiger partial charge >= 0.3 is 10.8 Å². The Morgan fingerprint density at radius 3 is 2.50 bits per heavy atom. The molecule has 0 spiro atoms. The number of aromatic amines is 1. The van der Waals surface area contributed by atoms with Crippen molar-refractivity contribution in [3.8, 4) is 17.2 Å². The number of phenolic OH excluding ortho intramolecular Hbond substituents is 1. The zero-order chi connectivity index (χ0) is 28.6. The van der Waals surface area contributed by atoms with Crippen molar-refractivity contribution < 1.29 is 38.9 Å². The van der Waals surface area contributed by atoms with Crippen LogP contribution < -0.4 is 19.7 Å². The minimum atomic E-state index is -1.31. The van der Waals surface area contributed by atoms with Crippen molar-refractivity contribution >= 4 is 52.5 Å². The lowest BCUT2D eigenvalue weighted by atomic mass is 9.83. The molecular formula is C26H23N3O9S2. The summed E-state index contributed by atoms with van der Waals surface area (Å²) < 4.78 is 11.5. The second-order valence-corrected chi connectivity index (χ2v) is 11.1. The molecule has 3 amide bonds. The van der Waals surface area contributed by atoms with E-state index in [4.69, 9.17) is 9.47 Å². The number of aromatic nitrogens is 1. The SMILES string of the molecule is CCOc1cc([C@@H]2c3sc(=O)[nH]c3S[C@@H]3C(=O)N(CC(=O)O)C(=O)[C@H]23)ccc1OCC(=O)Nc1ccc(O)cc1. The van der Waals surface area contributed by atoms with Crippen LogP contribution >= 0.6 is 23.1 Å². The average molecular weight is 586 g/mol. The summed E-state index contributed by atoms with van der Waals surface area (Å²) >= 11 is 1.98. The van der Waals surface area contributed by atoms with Crippen LogP contribution in [-0.4, -0.2) is 68.8 Å². The quantitative estimate of drug-likeness (QED) is 0.215. The summed E-state index contributed by atoms with van der Waals surface area (Å²) in [5, 5.41) is 20.8. The smallest absolute Gasteiger partial charge is 0.323 e. The van der Waals surface area contributed by atoms with Gasteiger partial charge in [-0.2, -0.15) is 0 Å². The van der Waals surface area contributed by atoms with E-state index < -0.39 is 47.3 Å². The molecular weight excluding hydrogens is 562 g/mol. The van der Waals surface area contributed by atoms with Gasteiger partial charge < -0.3 is 30.0 Å². The van der Waals surface area contributed by atoms with Crippen LogP contribution in [0, 0.1) is 5.92 Å². The van der Waals surface area contributed by atoms with E-state index in [-0.39, 0.29) is 35.3 Å². The van der Waals surface area contributed by atoms with Gasteiger partial charge in [0, 0.05) is 16.5 Å². The molecule has 12 nitrogen and oxygen atoms in total. The summed E-state index contributed by atoms with van der Waals surface area (Å²) in [4.78, 5) is 66.1. The third-order valence-electron chi connectivity index (χ3n) is 6.35. The summed E-state index contributed by atoms with van der Waals surface area (Å²) in [5.41, 5.74) is 1.04. The molecule has 2 aliphatic heterocycles. The highest BCUT2D eigenvalue weighted by Crippen LogP contribution is 2.53. The van der Waals surface area contributed by atoms with E-state index in [1.807, 2.05) is 0 Å². The Balaban J connectivity index is 1.43. The number of anilines is 1. The van der Waals surface area contributed by atoms with Gasteiger partial charge in [0.05, 0.1) is 17.6 Å². The molecule has 4 N–H and O–H groups in total. The number of thiazole rings is 1. The lowest BCUT2D eigenvalue weighted by molar-refractivity contribution is -0.149. The maximum absolute atomic E-state index is 13.3. The zero-order valence-corrected chi connectivity index (χ0v) is 22.5. The lowest BCUT2D eigenvalue weighted by Gasteiger charge is -2.30. The molecule has 3 atom stereocenters. The number of amides is 3. The van der Waals surface area contributed by atoms with Crippen molar-refractivity contribution in [1.29, 1.82) is 0 Å². The number of fused-ring (bicyclic) bond motifs is 2. The van der Waals surface area contributed by atoms with Crippen molar-refractivity contribution in [3.63, 3.8) is 0 Å². The number of aliphatic carboxylic acids is 1. The van der Waals surface area contributed by atoms with E-state index in [1.54, 1.807) is 37.3 Å². The van der Waals surface area contributed by atoms with E-state index in [2.05, 4.69) is 10.3 Å². The zero-order valence-electron chi connectivity index (χ0n) is 20.9. The first-order valence-corrected chi connectivity index (χ1v) is 13.8. The van der Waals surface area contributed by atoms with Crippen molar-refractivity contribution in [3.05, 3.63) is 62.6 Å². The second-order valence-electron chi connectivity index (χ2n) is 8.93. The lowest BCUT2D eigenvalue weighted by Crippen LogP contribution is -2.36. The maximum Gasteiger partial charge on any atom is 0.323 e. The van der Waals surface area contributed by atoms with Crippen LogP contribution in [0.25, 0.3) is 0 Å². The number of rotatable bonds is 9. The molecule has 3 aromatic rings. The molecule has 0 saturated carbocycles. The fourth-order valence-electron chi connectivity index (χ4n) is 4.72. The minimum Gasteiger partial charge on any atom is -0.508 e. The maximum atomic E-state index is 13.3. The van der Waals surface area contributed by atoms with Crippen molar-refractivity contribution in [1.82, 2.24) is 9.88 Å². The van der Waals surface area contributed by atoms with Gasteiger partial charge in [0.1, 0.15) is 17.5 Å². The number of aromatic hydroxyl groups is 1. The number of carboxylic acid groups (broad SMARTS) is 1. The minimum absolute atomic E-state index is 0.0656. The molecule has 1 fully saturated rings. The second kappa shape index (κ2) is 11.1. The Morgan fingerprint density at radius 2 is 1.80 bits per heavy atom. The van der Waals surface area contributed by atoms with Crippen LogP contribution in [0.5, 0.6) is 17.2 Å². The number of carbonyl (C=O) groups is 4. The highest BCUT2D eigenvalue weighted by Gasteiger charge is 2.56. The van der Waals surface area contributed by atoms with Gasteiger partial charge in [0.2, 0.25) is 11.8 Å². The summed E-state index contributed by atoms with van der Waals surface area (Å²) in [5.74, 6) is -4.01. The number of hydrogen-bond donors (Lipinski definition) is 4. The number of benzene rings is 2. The average Bonchev–Trinajstić information content (AvgIpc) is 3.39. The van der Waals surface area contributed by atoms with Gasteiger partial charge in [-0.3, -0.25) is 28.9 Å². The number of carboxylic acids is 1. The van der Waals surface area contributed by atoms with Crippen LogP contribution in [0.15, 0.2) is 52.3 Å². The van der Waals surface area contributed by atoms with Gasteiger partial charge in [-0.05, 0) is 48.9 Å².